The van der Waals surface area contributed by atoms with Gasteiger partial charge in [0.2, 0.25) is 5.89 Å². The van der Waals surface area contributed by atoms with Crippen molar-refractivity contribution in [1.29, 1.82) is 0 Å². The highest BCUT2D eigenvalue weighted by Gasteiger charge is 2.03. The molecule has 0 spiro atoms. The van der Waals surface area contributed by atoms with Crippen LogP contribution in [0.25, 0.3) is 12.2 Å². The van der Waals surface area contributed by atoms with Crippen LogP contribution in [0.3, 0.4) is 0 Å². The van der Waals surface area contributed by atoms with E-state index in [0.29, 0.717) is 11.6 Å². The average Bonchev–Trinajstić information content (AvgIpc) is 2.85. The maximum Gasteiger partial charge on any atom is 0.387 e. The first-order valence-electron chi connectivity index (χ1n) is 5.40. The Morgan fingerprint density at radius 2 is 2.00 bits per heavy atom. The minimum absolute atomic E-state index is 0.118. The standard InChI is InChI=1S/C13H10ClF2NO2/c14-7-10-8-18-12(17-10)6-3-9-1-4-11(5-2-9)19-13(15)16/h1-6,8,13H,7H2/b6-3+. The van der Waals surface area contributed by atoms with E-state index < -0.39 is 6.61 Å². The van der Waals surface area contributed by atoms with E-state index in [2.05, 4.69) is 9.72 Å². The fourth-order valence-corrected chi connectivity index (χ4v) is 1.51. The van der Waals surface area contributed by atoms with Crippen LogP contribution in [0.2, 0.25) is 0 Å². The Balaban J connectivity index is 2.02. The van der Waals surface area contributed by atoms with Crippen molar-refractivity contribution in [3.05, 3.63) is 47.7 Å². The summed E-state index contributed by atoms with van der Waals surface area (Å²) in [5.74, 6) is 0.841. The van der Waals surface area contributed by atoms with Crippen LogP contribution >= 0.6 is 11.6 Å². The van der Waals surface area contributed by atoms with Gasteiger partial charge in [-0.2, -0.15) is 8.78 Å². The molecule has 2 aromatic rings. The molecule has 0 bridgehead atoms. The highest BCUT2D eigenvalue weighted by molar-refractivity contribution is 6.16. The molecule has 100 valence electrons. The van der Waals surface area contributed by atoms with Gasteiger partial charge in [-0.05, 0) is 23.8 Å². The Hall–Kier alpha value is -1.88. The van der Waals surface area contributed by atoms with Crippen LogP contribution in [0.5, 0.6) is 5.75 Å². The second kappa shape index (κ2) is 6.33. The fourth-order valence-electron chi connectivity index (χ4n) is 1.39. The summed E-state index contributed by atoms with van der Waals surface area (Å²) in [5.41, 5.74) is 1.47. The fraction of sp³-hybridized carbons (Fsp3) is 0.154. The van der Waals surface area contributed by atoms with Crippen LogP contribution in [-0.4, -0.2) is 11.6 Å². The zero-order valence-electron chi connectivity index (χ0n) is 9.72. The van der Waals surface area contributed by atoms with Crippen molar-refractivity contribution in [3.63, 3.8) is 0 Å². The van der Waals surface area contributed by atoms with E-state index in [1.165, 1.54) is 18.4 Å². The number of oxazole rings is 1. The molecular weight excluding hydrogens is 276 g/mol. The molecule has 0 aliphatic carbocycles. The molecule has 0 saturated heterocycles. The number of nitrogens with zero attached hydrogens (tertiary/aromatic N) is 1. The first-order valence-corrected chi connectivity index (χ1v) is 5.94. The number of aromatic nitrogens is 1. The minimum atomic E-state index is -2.82. The lowest BCUT2D eigenvalue weighted by Crippen LogP contribution is -2.01. The lowest BCUT2D eigenvalue weighted by atomic mass is 10.2. The number of benzene rings is 1. The summed E-state index contributed by atoms with van der Waals surface area (Å²) < 4.78 is 33.3. The third kappa shape index (κ3) is 4.06. The highest BCUT2D eigenvalue weighted by atomic mass is 35.5. The number of halogens is 3. The predicted molar refractivity (Wildman–Crippen MR) is 68.1 cm³/mol. The Morgan fingerprint density at radius 3 is 2.58 bits per heavy atom. The molecule has 0 saturated carbocycles. The van der Waals surface area contributed by atoms with Crippen molar-refractivity contribution in [3.8, 4) is 5.75 Å². The number of rotatable bonds is 5. The van der Waals surface area contributed by atoms with Crippen molar-refractivity contribution < 1.29 is 17.9 Å². The third-order valence-electron chi connectivity index (χ3n) is 2.23. The molecule has 19 heavy (non-hydrogen) atoms. The topological polar surface area (TPSA) is 35.3 Å². The predicted octanol–water partition coefficient (Wildman–Crippen LogP) is 4.19. The Morgan fingerprint density at radius 1 is 1.26 bits per heavy atom. The molecule has 6 heteroatoms. The summed E-state index contributed by atoms with van der Waals surface area (Å²) in [6.45, 7) is -2.82. The number of ether oxygens (including phenoxy) is 1. The summed E-state index contributed by atoms with van der Waals surface area (Å²) in [5, 5.41) is 0. The lowest BCUT2D eigenvalue weighted by molar-refractivity contribution is -0.0498. The summed E-state index contributed by atoms with van der Waals surface area (Å²) >= 11 is 5.59. The molecule has 2 rings (SSSR count). The molecular formula is C13H10ClF2NO2. The Bertz CT molecular complexity index is 552. The van der Waals surface area contributed by atoms with Gasteiger partial charge in [0, 0.05) is 6.08 Å². The first kappa shape index (κ1) is 13.5. The van der Waals surface area contributed by atoms with Crippen molar-refractivity contribution in [2.75, 3.05) is 0 Å². The molecule has 0 N–H and O–H groups in total. The van der Waals surface area contributed by atoms with Gasteiger partial charge in [-0.15, -0.1) is 11.6 Å². The van der Waals surface area contributed by atoms with Crippen LogP contribution < -0.4 is 4.74 Å². The van der Waals surface area contributed by atoms with Crippen LogP contribution in [0.1, 0.15) is 17.1 Å². The quantitative estimate of drug-likeness (QED) is 0.773. The zero-order chi connectivity index (χ0) is 13.7. The smallest absolute Gasteiger partial charge is 0.387 e. The van der Waals surface area contributed by atoms with Crippen LogP contribution in [0, 0.1) is 0 Å². The normalized spacial score (nSPS) is 11.4. The molecule has 1 aromatic carbocycles. The maximum absolute atomic E-state index is 12.0. The van der Waals surface area contributed by atoms with E-state index in [-0.39, 0.29) is 11.6 Å². The van der Waals surface area contributed by atoms with E-state index >= 15 is 0 Å². The van der Waals surface area contributed by atoms with Crippen molar-refractivity contribution >= 4 is 23.8 Å². The van der Waals surface area contributed by atoms with Crippen LogP contribution in [0.15, 0.2) is 34.9 Å². The van der Waals surface area contributed by atoms with Gasteiger partial charge in [0.05, 0.1) is 11.6 Å². The molecule has 0 atom stereocenters. The van der Waals surface area contributed by atoms with E-state index in [1.807, 2.05) is 0 Å². The van der Waals surface area contributed by atoms with Gasteiger partial charge in [-0.1, -0.05) is 12.1 Å². The van der Waals surface area contributed by atoms with Gasteiger partial charge in [-0.3, -0.25) is 0 Å². The van der Waals surface area contributed by atoms with Gasteiger partial charge in [0.25, 0.3) is 0 Å². The molecule has 0 fully saturated rings. The van der Waals surface area contributed by atoms with Gasteiger partial charge in [0.15, 0.2) is 0 Å². The highest BCUT2D eigenvalue weighted by Crippen LogP contribution is 2.16. The molecule has 0 unspecified atom stereocenters. The van der Waals surface area contributed by atoms with Crippen LogP contribution in [-0.2, 0) is 5.88 Å². The maximum atomic E-state index is 12.0. The Labute approximate surface area is 113 Å². The number of hydrogen-bond acceptors (Lipinski definition) is 3. The lowest BCUT2D eigenvalue weighted by Gasteiger charge is -2.03. The van der Waals surface area contributed by atoms with Crippen molar-refractivity contribution in [2.45, 2.75) is 12.5 Å². The summed E-state index contributed by atoms with van der Waals surface area (Å²) in [6, 6.07) is 6.23. The molecule has 3 nitrogen and oxygen atoms in total. The molecule has 0 radical (unpaired) electrons. The number of hydrogen-bond donors (Lipinski definition) is 0. The van der Waals surface area contributed by atoms with Gasteiger partial charge in [0.1, 0.15) is 12.0 Å². The molecule has 1 heterocycles. The summed E-state index contributed by atoms with van der Waals surface area (Å²) in [7, 11) is 0. The second-order valence-electron chi connectivity index (χ2n) is 3.59. The van der Waals surface area contributed by atoms with Crippen LogP contribution in [0.4, 0.5) is 8.78 Å². The van der Waals surface area contributed by atoms with Gasteiger partial charge in [-0.25, -0.2) is 4.98 Å². The average molecular weight is 286 g/mol. The molecule has 0 aliphatic rings. The molecule has 0 aliphatic heterocycles. The summed E-state index contributed by atoms with van der Waals surface area (Å²) in [6.07, 6.45) is 4.89. The zero-order valence-corrected chi connectivity index (χ0v) is 10.5. The second-order valence-corrected chi connectivity index (χ2v) is 3.86. The van der Waals surface area contributed by atoms with E-state index in [1.54, 1.807) is 24.3 Å². The summed E-state index contributed by atoms with van der Waals surface area (Å²) in [4.78, 5) is 4.09. The van der Waals surface area contributed by atoms with Gasteiger partial charge >= 0.3 is 6.61 Å². The monoisotopic (exact) mass is 285 g/mol. The SMILES string of the molecule is FC(F)Oc1ccc(/C=C/c2nc(CCl)co2)cc1. The van der Waals surface area contributed by atoms with Crippen molar-refractivity contribution in [1.82, 2.24) is 4.98 Å². The van der Waals surface area contributed by atoms with Gasteiger partial charge < -0.3 is 9.15 Å². The third-order valence-corrected chi connectivity index (χ3v) is 2.50. The first-order chi connectivity index (χ1) is 9.17. The van der Waals surface area contributed by atoms with Crippen molar-refractivity contribution in [2.24, 2.45) is 0 Å². The molecule has 1 aromatic heterocycles. The van der Waals surface area contributed by atoms with E-state index in [4.69, 9.17) is 16.0 Å². The van der Waals surface area contributed by atoms with E-state index in [0.717, 1.165) is 5.56 Å². The molecule has 0 amide bonds. The number of alkyl halides is 3. The van der Waals surface area contributed by atoms with E-state index in [9.17, 15) is 8.78 Å². The minimum Gasteiger partial charge on any atom is -0.445 e. The largest absolute Gasteiger partial charge is 0.445 e. The Kier molecular flexibility index (Phi) is 4.52.